The number of hydrogen-bond acceptors (Lipinski definition) is 1. The monoisotopic (exact) mass is 166 g/mol. The van der Waals surface area contributed by atoms with Crippen molar-refractivity contribution in [1.29, 1.82) is 0 Å². The Hall–Kier alpha value is -0.990. The van der Waals surface area contributed by atoms with Gasteiger partial charge in [-0.15, -0.1) is 0 Å². The lowest BCUT2D eigenvalue weighted by Gasteiger charge is -2.41. The van der Waals surface area contributed by atoms with Crippen molar-refractivity contribution < 1.29 is 0 Å². The molecule has 66 valence electrons. The molecule has 3 nitrogen and oxygen atoms in total. The minimum Gasteiger partial charge on any atom is -0.313 e. The molecule has 1 aromatic heterocycles. The summed E-state index contributed by atoms with van der Waals surface area (Å²) in [6.07, 6.45) is 8.21. The standard InChI is InChI=1S/C9H14N2O/c1-2-9(4-3-5-9)11-7-6-10-8(11)12/h6-7H,2-5H2,1H3,(H,10,12). The van der Waals surface area contributed by atoms with Crippen LogP contribution >= 0.6 is 0 Å². The Kier molecular flexibility index (Phi) is 1.60. The van der Waals surface area contributed by atoms with Gasteiger partial charge in [0.1, 0.15) is 0 Å². The van der Waals surface area contributed by atoms with E-state index in [1.807, 2.05) is 10.8 Å². The normalized spacial score (nSPS) is 20.4. The van der Waals surface area contributed by atoms with Crippen molar-refractivity contribution in [2.24, 2.45) is 0 Å². The van der Waals surface area contributed by atoms with Crippen LogP contribution in [0.25, 0.3) is 0 Å². The average Bonchev–Trinajstić information content (AvgIpc) is 2.36. The number of aromatic amines is 1. The fourth-order valence-electron chi connectivity index (χ4n) is 2.04. The summed E-state index contributed by atoms with van der Waals surface area (Å²) in [6, 6.07) is 0. The number of imidazole rings is 1. The highest BCUT2D eigenvalue weighted by Crippen LogP contribution is 2.40. The van der Waals surface area contributed by atoms with Gasteiger partial charge in [-0.2, -0.15) is 0 Å². The van der Waals surface area contributed by atoms with E-state index in [-0.39, 0.29) is 11.2 Å². The molecule has 1 heterocycles. The van der Waals surface area contributed by atoms with E-state index < -0.39 is 0 Å². The van der Waals surface area contributed by atoms with Crippen molar-refractivity contribution in [3.63, 3.8) is 0 Å². The summed E-state index contributed by atoms with van der Waals surface area (Å²) in [4.78, 5) is 14.0. The number of H-pyrrole nitrogens is 1. The highest BCUT2D eigenvalue weighted by Gasteiger charge is 2.37. The van der Waals surface area contributed by atoms with Crippen LogP contribution in [0.4, 0.5) is 0 Å². The van der Waals surface area contributed by atoms with Crippen molar-refractivity contribution >= 4 is 0 Å². The van der Waals surface area contributed by atoms with E-state index in [4.69, 9.17) is 0 Å². The first-order chi connectivity index (χ1) is 5.78. The van der Waals surface area contributed by atoms with E-state index >= 15 is 0 Å². The van der Waals surface area contributed by atoms with Gasteiger partial charge in [0.2, 0.25) is 0 Å². The van der Waals surface area contributed by atoms with E-state index in [2.05, 4.69) is 11.9 Å². The maximum Gasteiger partial charge on any atom is 0.325 e. The zero-order chi connectivity index (χ0) is 8.60. The second kappa shape index (κ2) is 2.51. The molecule has 0 aromatic carbocycles. The van der Waals surface area contributed by atoms with Crippen molar-refractivity contribution in [1.82, 2.24) is 9.55 Å². The molecule has 1 aliphatic rings. The number of nitrogens with one attached hydrogen (secondary N) is 1. The Morgan fingerprint density at radius 3 is 2.75 bits per heavy atom. The first-order valence-corrected chi connectivity index (χ1v) is 4.55. The second-order valence-corrected chi connectivity index (χ2v) is 3.57. The molecule has 0 spiro atoms. The summed E-state index contributed by atoms with van der Waals surface area (Å²) in [5.41, 5.74) is 0.188. The molecule has 12 heavy (non-hydrogen) atoms. The van der Waals surface area contributed by atoms with Gasteiger partial charge in [-0.3, -0.25) is 4.57 Å². The van der Waals surface area contributed by atoms with Crippen molar-refractivity contribution in [2.45, 2.75) is 38.1 Å². The van der Waals surface area contributed by atoms with Crippen molar-refractivity contribution in [3.8, 4) is 0 Å². The maximum absolute atomic E-state index is 11.3. The average molecular weight is 166 g/mol. The molecule has 0 amide bonds. The van der Waals surface area contributed by atoms with Gasteiger partial charge in [0.05, 0.1) is 0 Å². The van der Waals surface area contributed by atoms with Crippen LogP contribution in [0, 0.1) is 0 Å². The molecule has 2 rings (SSSR count). The first kappa shape index (κ1) is 7.65. The summed E-state index contributed by atoms with van der Waals surface area (Å²) in [7, 11) is 0. The SMILES string of the molecule is CCC1(n2cc[nH]c2=O)CCC1. The third kappa shape index (κ3) is 0.854. The third-order valence-corrected chi connectivity index (χ3v) is 3.10. The first-order valence-electron chi connectivity index (χ1n) is 4.55. The molecule has 0 bridgehead atoms. The van der Waals surface area contributed by atoms with Crippen LogP contribution in [0.1, 0.15) is 32.6 Å². The molecule has 3 heteroatoms. The minimum atomic E-state index is 0.0385. The van der Waals surface area contributed by atoms with Crippen LogP contribution in [0.3, 0.4) is 0 Å². The van der Waals surface area contributed by atoms with Crippen LogP contribution in [-0.4, -0.2) is 9.55 Å². The molecule has 1 saturated carbocycles. The quantitative estimate of drug-likeness (QED) is 0.709. The summed E-state index contributed by atoms with van der Waals surface area (Å²) >= 11 is 0. The molecular weight excluding hydrogens is 152 g/mol. The summed E-state index contributed by atoms with van der Waals surface area (Å²) in [5, 5.41) is 0. The Morgan fingerprint density at radius 1 is 1.67 bits per heavy atom. The zero-order valence-electron chi connectivity index (χ0n) is 7.34. The molecule has 1 aromatic rings. The van der Waals surface area contributed by atoms with Crippen molar-refractivity contribution in [2.75, 3.05) is 0 Å². The van der Waals surface area contributed by atoms with Gasteiger partial charge in [-0.1, -0.05) is 6.92 Å². The number of nitrogens with zero attached hydrogens (tertiary/aromatic N) is 1. The van der Waals surface area contributed by atoms with Crippen LogP contribution in [0.2, 0.25) is 0 Å². The Labute approximate surface area is 71.4 Å². The molecule has 1 N–H and O–H groups in total. The lowest BCUT2D eigenvalue weighted by atomic mass is 9.74. The molecule has 1 aliphatic carbocycles. The Balaban J connectivity index is 2.40. The van der Waals surface area contributed by atoms with Crippen LogP contribution < -0.4 is 5.69 Å². The summed E-state index contributed by atoms with van der Waals surface area (Å²) in [5.74, 6) is 0. The molecule has 1 fully saturated rings. The van der Waals surface area contributed by atoms with Crippen LogP contribution in [0.5, 0.6) is 0 Å². The molecule has 0 atom stereocenters. The van der Waals surface area contributed by atoms with Gasteiger partial charge in [0.15, 0.2) is 0 Å². The fraction of sp³-hybridized carbons (Fsp3) is 0.667. The highest BCUT2D eigenvalue weighted by atomic mass is 16.1. The van der Waals surface area contributed by atoms with Gasteiger partial charge in [0, 0.05) is 17.9 Å². The van der Waals surface area contributed by atoms with Crippen LogP contribution in [0.15, 0.2) is 17.2 Å². The van der Waals surface area contributed by atoms with Crippen LogP contribution in [-0.2, 0) is 5.54 Å². The molecule has 0 saturated heterocycles. The fourth-order valence-corrected chi connectivity index (χ4v) is 2.04. The molecule has 0 radical (unpaired) electrons. The largest absolute Gasteiger partial charge is 0.325 e. The highest BCUT2D eigenvalue weighted by molar-refractivity contribution is 4.97. The molecule has 0 aliphatic heterocycles. The topological polar surface area (TPSA) is 37.8 Å². The molecule has 0 unspecified atom stereocenters. The van der Waals surface area contributed by atoms with E-state index in [0.29, 0.717) is 0 Å². The van der Waals surface area contributed by atoms with E-state index in [9.17, 15) is 4.79 Å². The predicted octanol–water partition coefficient (Wildman–Crippen LogP) is 1.47. The summed E-state index contributed by atoms with van der Waals surface area (Å²) < 4.78 is 1.86. The number of aromatic nitrogens is 2. The lowest BCUT2D eigenvalue weighted by Crippen LogP contribution is -2.44. The Bertz CT molecular complexity index is 314. The summed E-state index contributed by atoms with van der Waals surface area (Å²) in [6.45, 7) is 2.15. The van der Waals surface area contributed by atoms with E-state index in [0.717, 1.165) is 19.3 Å². The Morgan fingerprint density at radius 2 is 2.42 bits per heavy atom. The maximum atomic E-state index is 11.3. The van der Waals surface area contributed by atoms with Gasteiger partial charge in [-0.05, 0) is 25.7 Å². The lowest BCUT2D eigenvalue weighted by molar-refractivity contribution is 0.131. The van der Waals surface area contributed by atoms with Gasteiger partial charge >= 0.3 is 5.69 Å². The number of rotatable bonds is 2. The van der Waals surface area contributed by atoms with Gasteiger partial charge in [-0.25, -0.2) is 4.79 Å². The minimum absolute atomic E-state index is 0.0385. The second-order valence-electron chi connectivity index (χ2n) is 3.57. The third-order valence-electron chi connectivity index (χ3n) is 3.10. The van der Waals surface area contributed by atoms with Gasteiger partial charge < -0.3 is 4.98 Å². The molecular formula is C9H14N2O. The number of hydrogen-bond donors (Lipinski definition) is 1. The van der Waals surface area contributed by atoms with E-state index in [1.54, 1.807) is 6.20 Å². The van der Waals surface area contributed by atoms with Crippen molar-refractivity contribution in [3.05, 3.63) is 22.9 Å². The predicted molar refractivity (Wildman–Crippen MR) is 47.2 cm³/mol. The van der Waals surface area contributed by atoms with E-state index in [1.165, 1.54) is 6.42 Å². The van der Waals surface area contributed by atoms with Gasteiger partial charge in [0.25, 0.3) is 0 Å². The zero-order valence-corrected chi connectivity index (χ0v) is 7.34. The smallest absolute Gasteiger partial charge is 0.313 e.